The second-order valence-electron chi connectivity index (χ2n) is 5.02. The molecule has 1 heterocycles. The predicted octanol–water partition coefficient (Wildman–Crippen LogP) is -0.778. The van der Waals surface area contributed by atoms with Gasteiger partial charge in [0.15, 0.2) is 6.29 Å². The molecule has 1 aromatic rings. The molecule has 1 aromatic carbocycles. The van der Waals surface area contributed by atoms with Crippen molar-refractivity contribution in [3.05, 3.63) is 35.9 Å². The monoisotopic (exact) mass is 312 g/mol. The van der Waals surface area contributed by atoms with Crippen molar-refractivity contribution < 1.29 is 35.0 Å². The van der Waals surface area contributed by atoms with Crippen molar-refractivity contribution >= 4 is 6.08 Å². The smallest absolute Gasteiger partial charge is 0.187 e. The summed E-state index contributed by atoms with van der Waals surface area (Å²) >= 11 is 0. The van der Waals surface area contributed by atoms with E-state index < -0.39 is 37.3 Å². The number of aliphatic hydroxyl groups is 4. The third kappa shape index (κ3) is 4.04. The van der Waals surface area contributed by atoms with Crippen molar-refractivity contribution in [1.29, 1.82) is 0 Å². The van der Waals surface area contributed by atoms with Gasteiger partial charge in [-0.3, -0.25) is 0 Å². The lowest BCUT2D eigenvalue weighted by Crippen LogP contribution is -2.59. The number of aliphatic hydroxyl groups excluding tert-OH is 4. The first-order valence-corrected chi connectivity index (χ1v) is 6.90. The maximum atomic E-state index is 9.77. The first-order chi connectivity index (χ1) is 10.5. The van der Waals surface area contributed by atoms with E-state index in [1.54, 1.807) is 36.4 Å². The van der Waals surface area contributed by atoms with Gasteiger partial charge in [0.1, 0.15) is 30.2 Å². The van der Waals surface area contributed by atoms with Crippen LogP contribution in [0.15, 0.2) is 30.3 Å². The van der Waals surface area contributed by atoms with Gasteiger partial charge in [0.05, 0.1) is 13.2 Å². The molecule has 7 nitrogen and oxygen atoms in total. The second-order valence-corrected chi connectivity index (χ2v) is 5.02. The molecule has 1 aliphatic rings. The van der Waals surface area contributed by atoms with Crippen molar-refractivity contribution in [3.8, 4) is 5.75 Å². The maximum absolute atomic E-state index is 9.77. The first-order valence-electron chi connectivity index (χ1n) is 6.90. The van der Waals surface area contributed by atoms with E-state index in [-0.39, 0.29) is 12.4 Å². The number of hydrogen-bond acceptors (Lipinski definition) is 7. The lowest BCUT2D eigenvalue weighted by Gasteiger charge is -2.39. The molecule has 0 unspecified atom stereocenters. The zero-order chi connectivity index (χ0) is 16.1. The van der Waals surface area contributed by atoms with Crippen LogP contribution in [0.4, 0.5) is 0 Å². The molecule has 1 fully saturated rings. The number of aromatic hydroxyl groups is 1. The normalized spacial score (nSPS) is 32.5. The Morgan fingerprint density at radius 2 is 1.73 bits per heavy atom. The predicted molar refractivity (Wildman–Crippen MR) is 76.9 cm³/mol. The number of phenols is 1. The number of hydrogen-bond donors (Lipinski definition) is 5. The summed E-state index contributed by atoms with van der Waals surface area (Å²) < 4.78 is 10.5. The molecule has 0 amide bonds. The SMILES string of the molecule is OC[C@H]1O[C@H](OCC=Cc2ccc(O)cc2)[C@H](O)[C@@H](O)[C@@H]1O. The van der Waals surface area contributed by atoms with Crippen LogP contribution in [0.2, 0.25) is 0 Å². The van der Waals surface area contributed by atoms with E-state index in [9.17, 15) is 15.3 Å². The van der Waals surface area contributed by atoms with Crippen LogP contribution in [0.3, 0.4) is 0 Å². The highest BCUT2D eigenvalue weighted by Crippen LogP contribution is 2.22. The molecule has 122 valence electrons. The lowest BCUT2D eigenvalue weighted by molar-refractivity contribution is -0.298. The summed E-state index contributed by atoms with van der Waals surface area (Å²) in [5.41, 5.74) is 0.857. The Hall–Kier alpha value is -1.48. The Kier molecular flexibility index (Phi) is 5.90. The van der Waals surface area contributed by atoms with Crippen LogP contribution in [0.25, 0.3) is 6.08 Å². The summed E-state index contributed by atoms with van der Waals surface area (Å²) in [4.78, 5) is 0. The molecule has 0 bridgehead atoms. The van der Waals surface area contributed by atoms with E-state index in [1.807, 2.05) is 0 Å². The fourth-order valence-electron chi connectivity index (χ4n) is 2.13. The highest BCUT2D eigenvalue weighted by atomic mass is 16.7. The van der Waals surface area contributed by atoms with Crippen molar-refractivity contribution in [1.82, 2.24) is 0 Å². The highest BCUT2D eigenvalue weighted by Gasteiger charge is 2.43. The zero-order valence-corrected chi connectivity index (χ0v) is 11.8. The van der Waals surface area contributed by atoms with Crippen LogP contribution in [-0.4, -0.2) is 69.5 Å². The van der Waals surface area contributed by atoms with Crippen molar-refractivity contribution in [3.63, 3.8) is 0 Å². The van der Waals surface area contributed by atoms with E-state index >= 15 is 0 Å². The van der Waals surface area contributed by atoms with Gasteiger partial charge in [-0.05, 0) is 17.7 Å². The Labute approximate surface area is 127 Å². The molecule has 5 atom stereocenters. The Morgan fingerprint density at radius 1 is 1.05 bits per heavy atom. The second kappa shape index (κ2) is 7.68. The fourth-order valence-corrected chi connectivity index (χ4v) is 2.13. The summed E-state index contributed by atoms with van der Waals surface area (Å²) in [5, 5.41) is 47.2. The Balaban J connectivity index is 1.86. The van der Waals surface area contributed by atoms with Gasteiger partial charge in [0.25, 0.3) is 0 Å². The third-order valence-electron chi connectivity index (χ3n) is 3.41. The first kappa shape index (κ1) is 16.9. The standard InChI is InChI=1S/C15H20O7/c16-8-11-12(18)13(19)14(20)15(22-11)21-7-1-2-9-3-5-10(17)6-4-9/h1-6,11-20H,7-8H2/t11-,12-,13+,14-,15+/m1/s1. The minimum atomic E-state index is -1.45. The van der Waals surface area contributed by atoms with Gasteiger partial charge in [-0.25, -0.2) is 0 Å². The van der Waals surface area contributed by atoms with Crippen LogP contribution < -0.4 is 0 Å². The molecule has 1 aliphatic heterocycles. The molecule has 0 aliphatic carbocycles. The van der Waals surface area contributed by atoms with Gasteiger partial charge >= 0.3 is 0 Å². The molecule has 5 N–H and O–H groups in total. The Bertz CT molecular complexity index is 485. The minimum absolute atomic E-state index is 0.101. The molecular weight excluding hydrogens is 292 g/mol. The van der Waals surface area contributed by atoms with E-state index in [1.165, 1.54) is 0 Å². The van der Waals surface area contributed by atoms with E-state index in [4.69, 9.17) is 19.7 Å². The largest absolute Gasteiger partial charge is 0.508 e. The van der Waals surface area contributed by atoms with Crippen LogP contribution in [0.5, 0.6) is 5.75 Å². The van der Waals surface area contributed by atoms with Crippen LogP contribution >= 0.6 is 0 Å². The van der Waals surface area contributed by atoms with Gasteiger partial charge in [-0.1, -0.05) is 24.3 Å². The molecule has 7 heteroatoms. The number of rotatable bonds is 5. The zero-order valence-electron chi connectivity index (χ0n) is 11.8. The highest BCUT2D eigenvalue weighted by molar-refractivity contribution is 5.50. The van der Waals surface area contributed by atoms with Gasteiger partial charge in [0, 0.05) is 0 Å². The minimum Gasteiger partial charge on any atom is -0.508 e. The van der Waals surface area contributed by atoms with Gasteiger partial charge < -0.3 is 35.0 Å². The quantitative estimate of drug-likeness (QED) is 0.484. The van der Waals surface area contributed by atoms with Crippen LogP contribution in [0.1, 0.15) is 5.56 Å². The van der Waals surface area contributed by atoms with E-state index in [0.29, 0.717) is 0 Å². The Morgan fingerprint density at radius 3 is 2.36 bits per heavy atom. The van der Waals surface area contributed by atoms with E-state index in [2.05, 4.69) is 0 Å². The van der Waals surface area contributed by atoms with Crippen molar-refractivity contribution in [2.45, 2.75) is 30.7 Å². The fraction of sp³-hybridized carbons (Fsp3) is 0.467. The molecule has 22 heavy (non-hydrogen) atoms. The molecule has 0 radical (unpaired) electrons. The molecule has 0 saturated carbocycles. The molecule has 0 aromatic heterocycles. The molecular formula is C15H20O7. The number of benzene rings is 1. The summed E-state index contributed by atoms with van der Waals surface area (Å²) in [7, 11) is 0. The van der Waals surface area contributed by atoms with Crippen molar-refractivity contribution in [2.24, 2.45) is 0 Å². The lowest BCUT2D eigenvalue weighted by atomic mass is 9.99. The average molecular weight is 312 g/mol. The molecule has 0 spiro atoms. The van der Waals surface area contributed by atoms with Gasteiger partial charge in [0.2, 0.25) is 0 Å². The number of phenolic OH excluding ortho intramolecular Hbond substituents is 1. The number of ether oxygens (including phenoxy) is 2. The molecule has 2 rings (SSSR count). The van der Waals surface area contributed by atoms with Crippen LogP contribution in [-0.2, 0) is 9.47 Å². The average Bonchev–Trinajstić information content (AvgIpc) is 2.53. The summed E-state index contributed by atoms with van der Waals surface area (Å²) in [6, 6.07) is 6.55. The van der Waals surface area contributed by atoms with Gasteiger partial charge in [-0.2, -0.15) is 0 Å². The maximum Gasteiger partial charge on any atom is 0.187 e. The van der Waals surface area contributed by atoms with Crippen LogP contribution in [0, 0.1) is 0 Å². The summed E-state index contributed by atoms with van der Waals surface area (Å²) in [6.45, 7) is -0.391. The van der Waals surface area contributed by atoms with Crippen molar-refractivity contribution in [2.75, 3.05) is 13.2 Å². The topological polar surface area (TPSA) is 120 Å². The third-order valence-corrected chi connectivity index (χ3v) is 3.41. The summed E-state index contributed by atoms with van der Waals surface area (Å²) in [6.07, 6.45) is -2.94. The molecule has 1 saturated heterocycles. The summed E-state index contributed by atoms with van der Waals surface area (Å²) in [5.74, 6) is 0.176. The van der Waals surface area contributed by atoms with Gasteiger partial charge in [-0.15, -0.1) is 0 Å². The van der Waals surface area contributed by atoms with E-state index in [0.717, 1.165) is 5.56 Å².